The zero-order valence-corrected chi connectivity index (χ0v) is 15.7. The number of hydrogen-bond donors (Lipinski definition) is 2. The van der Waals surface area contributed by atoms with Gasteiger partial charge in [0.15, 0.2) is 0 Å². The van der Waals surface area contributed by atoms with Gasteiger partial charge in [-0.3, -0.25) is 0 Å². The molecule has 25 heavy (non-hydrogen) atoms. The summed E-state index contributed by atoms with van der Waals surface area (Å²) in [4.78, 5) is 0.100. The number of rotatable bonds is 8. The molecule has 3 rings (SSSR count). The summed E-state index contributed by atoms with van der Waals surface area (Å²) in [6, 6.07) is 4.71. The minimum absolute atomic E-state index is 0.100. The molecule has 6 nitrogen and oxygen atoms in total. The van der Waals surface area contributed by atoms with Crippen LogP contribution in [0.15, 0.2) is 23.1 Å². The van der Waals surface area contributed by atoms with Crippen LogP contribution < -0.4 is 14.8 Å². The Morgan fingerprint density at radius 2 is 2.20 bits per heavy atom. The van der Waals surface area contributed by atoms with E-state index in [1.165, 1.54) is 6.07 Å². The van der Waals surface area contributed by atoms with Crippen LogP contribution in [0.3, 0.4) is 0 Å². The molecule has 0 aliphatic carbocycles. The van der Waals surface area contributed by atoms with Crippen LogP contribution >= 0.6 is 11.6 Å². The number of halogens is 1. The van der Waals surface area contributed by atoms with E-state index in [-0.39, 0.29) is 4.90 Å². The number of sulfonamides is 1. The van der Waals surface area contributed by atoms with Gasteiger partial charge in [0.25, 0.3) is 0 Å². The van der Waals surface area contributed by atoms with Crippen LogP contribution in [0, 0.1) is 11.8 Å². The minimum atomic E-state index is -3.66. The Labute approximate surface area is 154 Å². The monoisotopic (exact) mass is 388 g/mol. The molecule has 2 aliphatic rings. The van der Waals surface area contributed by atoms with Crippen LogP contribution in [0.5, 0.6) is 5.75 Å². The fourth-order valence-electron chi connectivity index (χ4n) is 3.17. The lowest BCUT2D eigenvalue weighted by Crippen LogP contribution is -2.27. The topological polar surface area (TPSA) is 76.7 Å². The Morgan fingerprint density at radius 3 is 2.92 bits per heavy atom. The molecule has 2 N–H and O–H groups in total. The van der Waals surface area contributed by atoms with E-state index in [1.54, 1.807) is 12.1 Å². The number of benzene rings is 1. The normalized spacial score (nSPS) is 23.9. The first-order chi connectivity index (χ1) is 12.0. The summed E-state index contributed by atoms with van der Waals surface area (Å²) in [5.41, 5.74) is 0. The van der Waals surface area contributed by atoms with Gasteiger partial charge in [0, 0.05) is 24.1 Å². The fraction of sp³-hybridized carbons (Fsp3) is 0.647. The Hall–Kier alpha value is -0.860. The predicted octanol–water partition coefficient (Wildman–Crippen LogP) is 2.03. The molecule has 0 spiro atoms. The Morgan fingerprint density at radius 1 is 1.32 bits per heavy atom. The highest BCUT2D eigenvalue weighted by molar-refractivity contribution is 7.89. The van der Waals surface area contributed by atoms with Crippen molar-refractivity contribution in [3.63, 3.8) is 0 Å². The molecule has 2 heterocycles. The van der Waals surface area contributed by atoms with Crippen molar-refractivity contribution in [2.24, 2.45) is 11.8 Å². The molecule has 2 unspecified atom stereocenters. The molecule has 0 saturated carbocycles. The van der Waals surface area contributed by atoms with Crippen molar-refractivity contribution in [3.05, 3.63) is 23.2 Å². The summed E-state index contributed by atoms with van der Waals surface area (Å²) in [6.45, 7) is 4.21. The molecule has 2 atom stereocenters. The van der Waals surface area contributed by atoms with Crippen LogP contribution in [-0.4, -0.2) is 47.9 Å². The third-order valence-electron chi connectivity index (χ3n) is 4.70. The fourth-order valence-corrected chi connectivity index (χ4v) is 4.62. The van der Waals surface area contributed by atoms with Gasteiger partial charge in [0.05, 0.1) is 13.2 Å². The van der Waals surface area contributed by atoms with Crippen molar-refractivity contribution in [1.82, 2.24) is 10.0 Å². The van der Waals surface area contributed by atoms with Gasteiger partial charge >= 0.3 is 0 Å². The second-order valence-corrected chi connectivity index (χ2v) is 8.85. The van der Waals surface area contributed by atoms with Gasteiger partial charge in [-0.2, -0.15) is 0 Å². The summed E-state index contributed by atoms with van der Waals surface area (Å²) in [5, 5.41) is 3.66. The number of ether oxygens (including phenoxy) is 2. The Bertz CT molecular complexity index is 671. The van der Waals surface area contributed by atoms with Gasteiger partial charge in [0.2, 0.25) is 10.0 Å². The Kier molecular flexibility index (Phi) is 6.57. The van der Waals surface area contributed by atoms with Crippen LogP contribution in [0.4, 0.5) is 0 Å². The largest absolute Gasteiger partial charge is 0.492 e. The molecular formula is C17H25ClN2O4S. The van der Waals surface area contributed by atoms with Crippen molar-refractivity contribution < 1.29 is 17.9 Å². The van der Waals surface area contributed by atoms with E-state index in [0.717, 1.165) is 39.0 Å². The average molecular weight is 389 g/mol. The first kappa shape index (κ1) is 18.9. The van der Waals surface area contributed by atoms with E-state index >= 15 is 0 Å². The maximum atomic E-state index is 12.7. The van der Waals surface area contributed by atoms with Crippen molar-refractivity contribution in [1.29, 1.82) is 0 Å². The van der Waals surface area contributed by atoms with Gasteiger partial charge in [-0.15, -0.1) is 0 Å². The van der Waals surface area contributed by atoms with Crippen LogP contribution in [0.25, 0.3) is 0 Å². The second-order valence-electron chi connectivity index (χ2n) is 6.68. The van der Waals surface area contributed by atoms with Crippen LogP contribution in [-0.2, 0) is 14.8 Å². The second kappa shape index (κ2) is 8.68. The zero-order valence-electron chi connectivity index (χ0n) is 14.2. The molecule has 2 aliphatic heterocycles. The van der Waals surface area contributed by atoms with Gasteiger partial charge in [0.1, 0.15) is 10.6 Å². The molecule has 1 aromatic rings. The summed E-state index contributed by atoms with van der Waals surface area (Å²) in [6.07, 6.45) is 2.85. The van der Waals surface area contributed by atoms with Crippen LogP contribution in [0.2, 0.25) is 5.02 Å². The van der Waals surface area contributed by atoms with E-state index in [0.29, 0.717) is 42.4 Å². The quantitative estimate of drug-likeness (QED) is 0.712. The third-order valence-corrected chi connectivity index (χ3v) is 6.42. The van der Waals surface area contributed by atoms with Crippen molar-refractivity contribution >= 4 is 21.6 Å². The molecular weight excluding hydrogens is 364 g/mol. The van der Waals surface area contributed by atoms with Crippen molar-refractivity contribution in [2.75, 3.05) is 39.5 Å². The summed E-state index contributed by atoms with van der Waals surface area (Å²) in [7, 11) is -3.66. The molecule has 140 valence electrons. The highest BCUT2D eigenvalue weighted by Gasteiger charge is 2.23. The molecule has 2 fully saturated rings. The summed E-state index contributed by atoms with van der Waals surface area (Å²) >= 11 is 6.01. The van der Waals surface area contributed by atoms with Crippen molar-refractivity contribution in [2.45, 2.75) is 24.2 Å². The first-order valence-electron chi connectivity index (χ1n) is 8.75. The maximum Gasteiger partial charge on any atom is 0.244 e. The summed E-state index contributed by atoms with van der Waals surface area (Å²) < 4.78 is 39.2. The smallest absolute Gasteiger partial charge is 0.244 e. The number of nitrogens with one attached hydrogen (secondary N) is 2. The van der Waals surface area contributed by atoms with E-state index in [1.807, 2.05) is 0 Å². The van der Waals surface area contributed by atoms with Gasteiger partial charge in [-0.25, -0.2) is 13.1 Å². The van der Waals surface area contributed by atoms with Gasteiger partial charge in [-0.1, -0.05) is 11.6 Å². The van der Waals surface area contributed by atoms with E-state index < -0.39 is 10.0 Å². The minimum Gasteiger partial charge on any atom is -0.492 e. The summed E-state index contributed by atoms with van der Waals surface area (Å²) in [5.74, 6) is 1.17. The third kappa shape index (κ3) is 5.31. The zero-order chi connectivity index (χ0) is 17.7. The molecule has 1 aromatic carbocycles. The maximum absolute atomic E-state index is 12.7. The first-order valence-corrected chi connectivity index (χ1v) is 10.6. The average Bonchev–Trinajstić information content (AvgIpc) is 3.27. The van der Waals surface area contributed by atoms with Crippen molar-refractivity contribution in [3.8, 4) is 5.75 Å². The highest BCUT2D eigenvalue weighted by atomic mass is 35.5. The molecule has 0 amide bonds. The van der Waals surface area contributed by atoms with Gasteiger partial charge in [-0.05, 0) is 56.5 Å². The number of hydrogen-bond acceptors (Lipinski definition) is 5. The standard InChI is InChI=1S/C17H25ClN2O4S/c18-15-1-2-16(24-12-14-5-8-23-11-14)17(9-15)25(21,22)20-7-4-13-3-6-19-10-13/h1-2,9,13-14,19-20H,3-8,10-12H2. The lowest BCUT2D eigenvalue weighted by Gasteiger charge is -2.16. The molecule has 2 saturated heterocycles. The highest BCUT2D eigenvalue weighted by Crippen LogP contribution is 2.28. The SMILES string of the molecule is O=S(=O)(NCCC1CCNC1)c1cc(Cl)ccc1OCC1CCOC1. The molecule has 0 aromatic heterocycles. The van der Waals surface area contributed by atoms with E-state index in [2.05, 4.69) is 10.0 Å². The van der Waals surface area contributed by atoms with E-state index in [4.69, 9.17) is 21.1 Å². The molecule has 0 radical (unpaired) electrons. The van der Waals surface area contributed by atoms with Crippen LogP contribution in [0.1, 0.15) is 19.3 Å². The molecule has 8 heteroatoms. The lowest BCUT2D eigenvalue weighted by atomic mass is 10.1. The van der Waals surface area contributed by atoms with E-state index in [9.17, 15) is 8.42 Å². The molecule has 0 bridgehead atoms. The lowest BCUT2D eigenvalue weighted by molar-refractivity contribution is 0.166. The van der Waals surface area contributed by atoms with Gasteiger partial charge < -0.3 is 14.8 Å². The Balaban J connectivity index is 1.64. The predicted molar refractivity (Wildman–Crippen MR) is 96.7 cm³/mol.